The smallest absolute Gasteiger partial charge is 0.233 e. The van der Waals surface area contributed by atoms with Gasteiger partial charge in [0.05, 0.1) is 6.54 Å². The molecule has 0 radical (unpaired) electrons. The van der Waals surface area contributed by atoms with E-state index >= 15 is 0 Å². The van der Waals surface area contributed by atoms with Gasteiger partial charge in [-0.2, -0.15) is 0 Å². The number of hydrogen-bond acceptors (Lipinski definition) is 3. The van der Waals surface area contributed by atoms with Crippen LogP contribution in [-0.4, -0.2) is 38.5 Å². The molecule has 5 nitrogen and oxygen atoms in total. The zero-order chi connectivity index (χ0) is 16.1. The first-order valence-electron chi connectivity index (χ1n) is 8.07. The summed E-state index contributed by atoms with van der Waals surface area (Å²) in [6, 6.07) is 0. The van der Waals surface area contributed by atoms with Crippen molar-refractivity contribution in [3.63, 3.8) is 0 Å². The van der Waals surface area contributed by atoms with E-state index in [1.807, 2.05) is 20.8 Å². The largest absolute Gasteiger partial charge is 0.356 e. The molecule has 0 aliphatic heterocycles. The first-order chi connectivity index (χ1) is 9.88. The zero-order valence-corrected chi connectivity index (χ0v) is 14.2. The lowest BCUT2D eigenvalue weighted by Gasteiger charge is -2.17. The summed E-state index contributed by atoms with van der Waals surface area (Å²) in [5.41, 5.74) is -0.294. The van der Waals surface area contributed by atoms with Gasteiger partial charge in [0.25, 0.3) is 0 Å². The van der Waals surface area contributed by atoms with Crippen LogP contribution in [0.2, 0.25) is 0 Å². The molecule has 0 aliphatic carbocycles. The molecule has 0 bridgehead atoms. The first kappa shape index (κ1) is 19.9. The van der Waals surface area contributed by atoms with Crippen molar-refractivity contribution in [1.29, 1.82) is 0 Å². The van der Waals surface area contributed by atoms with E-state index in [0.29, 0.717) is 6.54 Å². The van der Waals surface area contributed by atoms with Gasteiger partial charge in [0.2, 0.25) is 11.8 Å². The fourth-order valence-corrected chi connectivity index (χ4v) is 1.88. The second-order valence-electron chi connectivity index (χ2n) is 6.51. The monoisotopic (exact) mass is 299 g/mol. The summed E-state index contributed by atoms with van der Waals surface area (Å²) in [4.78, 5) is 22.8. The molecule has 21 heavy (non-hydrogen) atoms. The van der Waals surface area contributed by atoms with Gasteiger partial charge < -0.3 is 16.0 Å². The molecule has 0 saturated carbocycles. The summed E-state index contributed by atoms with van der Waals surface area (Å²) < 4.78 is 0. The maximum absolute atomic E-state index is 11.6. The Morgan fingerprint density at radius 1 is 0.810 bits per heavy atom. The highest BCUT2D eigenvalue weighted by atomic mass is 16.2. The minimum Gasteiger partial charge on any atom is -0.356 e. The van der Waals surface area contributed by atoms with Crippen molar-refractivity contribution in [2.24, 2.45) is 5.41 Å². The van der Waals surface area contributed by atoms with Gasteiger partial charge in [0.1, 0.15) is 0 Å². The number of nitrogens with one attached hydrogen (secondary N) is 3. The van der Waals surface area contributed by atoms with Crippen LogP contribution in [0, 0.1) is 5.41 Å². The maximum Gasteiger partial charge on any atom is 0.233 e. The molecule has 0 rings (SSSR count). The van der Waals surface area contributed by atoms with Crippen LogP contribution in [0.25, 0.3) is 0 Å². The van der Waals surface area contributed by atoms with E-state index in [1.165, 1.54) is 12.8 Å². The molecule has 5 heteroatoms. The Labute approximate surface area is 129 Å². The summed E-state index contributed by atoms with van der Waals surface area (Å²) >= 11 is 0. The van der Waals surface area contributed by atoms with Gasteiger partial charge in [-0.15, -0.1) is 0 Å². The van der Waals surface area contributed by atoms with Crippen molar-refractivity contribution in [3.8, 4) is 0 Å². The Bertz CT molecular complexity index is 298. The van der Waals surface area contributed by atoms with E-state index in [2.05, 4.69) is 16.0 Å². The quantitative estimate of drug-likeness (QED) is 0.510. The van der Waals surface area contributed by atoms with E-state index in [0.717, 1.165) is 38.8 Å². The normalized spacial score (nSPS) is 11.2. The fourth-order valence-electron chi connectivity index (χ4n) is 1.88. The molecule has 0 aliphatic rings. The number of hydrogen-bond donors (Lipinski definition) is 3. The van der Waals surface area contributed by atoms with Crippen molar-refractivity contribution in [3.05, 3.63) is 0 Å². The number of likely N-dealkylation sites (N-methyl/N-ethyl adjacent to an activating group) is 1. The Morgan fingerprint density at radius 3 is 1.76 bits per heavy atom. The molecular formula is C16H33N3O2. The number of carbonyl (C=O) groups excluding carboxylic acids is 2. The molecule has 2 amide bonds. The second kappa shape index (κ2) is 11.5. The molecule has 0 aromatic carbocycles. The molecule has 124 valence electrons. The molecule has 0 aromatic rings. The van der Waals surface area contributed by atoms with Crippen molar-refractivity contribution in [2.75, 3.05) is 26.7 Å². The average Bonchev–Trinajstić information content (AvgIpc) is 2.39. The van der Waals surface area contributed by atoms with Gasteiger partial charge in [0.15, 0.2) is 0 Å². The topological polar surface area (TPSA) is 70.2 Å². The molecule has 0 heterocycles. The maximum atomic E-state index is 11.6. The van der Waals surface area contributed by atoms with Gasteiger partial charge in [0, 0.05) is 18.5 Å². The van der Waals surface area contributed by atoms with Crippen LogP contribution in [0.5, 0.6) is 0 Å². The summed E-state index contributed by atoms with van der Waals surface area (Å²) in [6.45, 7) is 7.71. The fraction of sp³-hybridized carbons (Fsp3) is 0.875. The van der Waals surface area contributed by atoms with Crippen LogP contribution in [0.1, 0.15) is 59.3 Å². The summed E-state index contributed by atoms with van der Waals surface area (Å²) in [7, 11) is 1.77. The number of unbranched alkanes of at least 4 members (excludes halogenated alkanes) is 5. The first-order valence-corrected chi connectivity index (χ1v) is 8.07. The van der Waals surface area contributed by atoms with Gasteiger partial charge >= 0.3 is 0 Å². The van der Waals surface area contributed by atoms with Crippen LogP contribution in [-0.2, 0) is 9.59 Å². The molecule has 0 spiro atoms. The molecule has 3 N–H and O–H groups in total. The van der Waals surface area contributed by atoms with Gasteiger partial charge in [-0.05, 0) is 19.9 Å². The summed E-state index contributed by atoms with van der Waals surface area (Å²) in [5, 5.41) is 8.66. The SMILES string of the molecule is CNCC(=O)NCCCCCCCCNC(=O)C(C)(C)C. The number of carbonyl (C=O) groups is 2. The lowest BCUT2D eigenvalue weighted by Crippen LogP contribution is -2.35. The van der Waals surface area contributed by atoms with E-state index in [4.69, 9.17) is 0 Å². The van der Waals surface area contributed by atoms with E-state index in [1.54, 1.807) is 7.05 Å². The number of rotatable bonds is 11. The standard InChI is InChI=1S/C16H33N3O2/c1-16(2,3)15(21)19-12-10-8-6-5-7-9-11-18-14(20)13-17-4/h17H,5-13H2,1-4H3,(H,18,20)(H,19,21). The van der Waals surface area contributed by atoms with E-state index in [-0.39, 0.29) is 17.2 Å². The predicted octanol–water partition coefficient (Wildman–Crippen LogP) is 1.82. The molecule has 0 unspecified atom stereocenters. The zero-order valence-electron chi connectivity index (χ0n) is 14.2. The predicted molar refractivity (Wildman–Crippen MR) is 87.1 cm³/mol. The van der Waals surface area contributed by atoms with Crippen molar-refractivity contribution >= 4 is 11.8 Å². The van der Waals surface area contributed by atoms with Crippen LogP contribution in [0.3, 0.4) is 0 Å². The highest BCUT2D eigenvalue weighted by Gasteiger charge is 2.19. The van der Waals surface area contributed by atoms with Crippen LogP contribution in [0.15, 0.2) is 0 Å². The third kappa shape index (κ3) is 12.4. The molecular weight excluding hydrogens is 266 g/mol. The third-order valence-electron chi connectivity index (χ3n) is 3.23. The molecule has 0 aromatic heterocycles. The Morgan fingerprint density at radius 2 is 1.29 bits per heavy atom. The molecule has 0 atom stereocenters. The summed E-state index contributed by atoms with van der Waals surface area (Å²) in [5.74, 6) is 0.187. The van der Waals surface area contributed by atoms with Crippen LogP contribution in [0.4, 0.5) is 0 Å². The number of amides is 2. The molecule has 0 fully saturated rings. The highest BCUT2D eigenvalue weighted by Crippen LogP contribution is 2.12. The highest BCUT2D eigenvalue weighted by molar-refractivity contribution is 5.81. The van der Waals surface area contributed by atoms with Crippen molar-refractivity contribution < 1.29 is 9.59 Å². The van der Waals surface area contributed by atoms with Gasteiger partial charge in [-0.25, -0.2) is 0 Å². The Hall–Kier alpha value is -1.10. The van der Waals surface area contributed by atoms with E-state index < -0.39 is 0 Å². The average molecular weight is 299 g/mol. The van der Waals surface area contributed by atoms with Crippen LogP contribution >= 0.6 is 0 Å². The lowest BCUT2D eigenvalue weighted by molar-refractivity contribution is -0.128. The van der Waals surface area contributed by atoms with Gasteiger partial charge in [-0.3, -0.25) is 9.59 Å². The van der Waals surface area contributed by atoms with Crippen LogP contribution < -0.4 is 16.0 Å². The van der Waals surface area contributed by atoms with Crippen molar-refractivity contribution in [2.45, 2.75) is 59.3 Å². The van der Waals surface area contributed by atoms with Gasteiger partial charge in [-0.1, -0.05) is 46.5 Å². The van der Waals surface area contributed by atoms with Crippen molar-refractivity contribution in [1.82, 2.24) is 16.0 Å². The minimum atomic E-state index is -0.294. The third-order valence-corrected chi connectivity index (χ3v) is 3.23. The Balaban J connectivity index is 3.27. The van der Waals surface area contributed by atoms with E-state index in [9.17, 15) is 9.59 Å². The lowest BCUT2D eigenvalue weighted by atomic mass is 9.96. The second-order valence-corrected chi connectivity index (χ2v) is 6.51. The molecule has 0 saturated heterocycles. The summed E-state index contributed by atoms with van der Waals surface area (Å²) in [6.07, 6.45) is 6.76. The Kier molecular flexibility index (Phi) is 10.9. The minimum absolute atomic E-state index is 0.0621.